The van der Waals surface area contributed by atoms with Crippen LogP contribution in [0.3, 0.4) is 0 Å². The number of hydrogen-bond acceptors (Lipinski definition) is 2. The average molecular weight is 260 g/mol. The molecule has 1 aliphatic carbocycles. The first-order chi connectivity index (χ1) is 8.92. The van der Waals surface area contributed by atoms with Crippen LogP contribution in [-0.2, 0) is 6.42 Å². The molecule has 0 fully saturated rings. The fourth-order valence-electron chi connectivity index (χ4n) is 2.92. The van der Waals surface area contributed by atoms with Gasteiger partial charge in [-0.05, 0) is 50.4 Å². The molecule has 0 saturated carbocycles. The summed E-state index contributed by atoms with van der Waals surface area (Å²) in [6.07, 6.45) is 2.47. The molecule has 0 amide bonds. The zero-order valence-corrected chi connectivity index (χ0v) is 13.0. The highest BCUT2D eigenvalue weighted by atomic mass is 15.1. The lowest BCUT2D eigenvalue weighted by molar-refractivity contribution is 0.192. The van der Waals surface area contributed by atoms with E-state index >= 15 is 0 Å². The molecule has 0 radical (unpaired) electrons. The van der Waals surface area contributed by atoms with Crippen molar-refractivity contribution in [2.75, 3.05) is 20.6 Å². The third kappa shape index (κ3) is 3.18. The summed E-state index contributed by atoms with van der Waals surface area (Å²) in [7, 11) is 4.29. The number of nitrogens with zero attached hydrogens (tertiary/aromatic N) is 1. The summed E-state index contributed by atoms with van der Waals surface area (Å²) in [5, 5.41) is 3.81. The lowest BCUT2D eigenvalue weighted by Crippen LogP contribution is -2.43. The Morgan fingerprint density at radius 2 is 2.00 bits per heavy atom. The Labute approximate surface area is 118 Å². The Morgan fingerprint density at radius 1 is 1.32 bits per heavy atom. The molecule has 2 heteroatoms. The fourth-order valence-corrected chi connectivity index (χ4v) is 2.92. The zero-order chi connectivity index (χ0) is 14.0. The quantitative estimate of drug-likeness (QED) is 0.894. The maximum atomic E-state index is 3.81. The molecule has 0 heterocycles. The Hall–Kier alpha value is -0.860. The van der Waals surface area contributed by atoms with E-state index in [0.717, 1.165) is 6.54 Å². The maximum Gasteiger partial charge on any atom is 0.0375 e. The summed E-state index contributed by atoms with van der Waals surface area (Å²) in [6.45, 7) is 8.09. The van der Waals surface area contributed by atoms with Gasteiger partial charge in [0.2, 0.25) is 0 Å². The van der Waals surface area contributed by atoms with Crippen molar-refractivity contribution in [1.82, 2.24) is 10.2 Å². The zero-order valence-electron chi connectivity index (χ0n) is 13.0. The second-order valence-electron chi connectivity index (χ2n) is 6.84. The monoisotopic (exact) mass is 260 g/mol. The van der Waals surface area contributed by atoms with Gasteiger partial charge in [0.1, 0.15) is 0 Å². The largest absolute Gasteiger partial charge is 0.308 e. The summed E-state index contributed by atoms with van der Waals surface area (Å²) in [6, 6.07) is 9.95. The van der Waals surface area contributed by atoms with Gasteiger partial charge in [-0.3, -0.25) is 0 Å². The van der Waals surface area contributed by atoms with Gasteiger partial charge in [0.05, 0.1) is 0 Å². The highest BCUT2D eigenvalue weighted by Gasteiger charge is 2.35. The topological polar surface area (TPSA) is 15.3 Å². The van der Waals surface area contributed by atoms with E-state index in [1.165, 1.54) is 24.0 Å². The Morgan fingerprint density at radius 3 is 2.68 bits per heavy atom. The van der Waals surface area contributed by atoms with Gasteiger partial charge < -0.3 is 10.2 Å². The van der Waals surface area contributed by atoms with Gasteiger partial charge in [-0.15, -0.1) is 0 Å². The van der Waals surface area contributed by atoms with Crippen LogP contribution in [0.15, 0.2) is 24.3 Å². The first kappa shape index (κ1) is 14.5. The molecular weight excluding hydrogens is 232 g/mol. The van der Waals surface area contributed by atoms with E-state index < -0.39 is 0 Å². The molecule has 1 aromatic rings. The number of fused-ring (bicyclic) bond motifs is 1. The van der Waals surface area contributed by atoms with Gasteiger partial charge >= 0.3 is 0 Å². The average Bonchev–Trinajstić information content (AvgIpc) is 2.36. The normalized spacial score (nSPS) is 23.2. The molecule has 0 saturated heterocycles. The van der Waals surface area contributed by atoms with E-state index in [4.69, 9.17) is 0 Å². The van der Waals surface area contributed by atoms with Crippen molar-refractivity contribution in [3.8, 4) is 0 Å². The molecule has 2 rings (SSSR count). The Balaban J connectivity index is 2.16. The number of aryl methyl sites for hydroxylation is 1. The first-order valence-electron chi connectivity index (χ1n) is 7.39. The minimum absolute atomic E-state index is 0.334. The van der Waals surface area contributed by atoms with E-state index in [1.807, 2.05) is 0 Å². The predicted molar refractivity (Wildman–Crippen MR) is 82.4 cm³/mol. The lowest BCUT2D eigenvalue weighted by atomic mass is 9.70. The molecule has 0 spiro atoms. The smallest absolute Gasteiger partial charge is 0.0375 e. The van der Waals surface area contributed by atoms with E-state index in [9.17, 15) is 0 Å². The van der Waals surface area contributed by atoms with Crippen LogP contribution >= 0.6 is 0 Å². The molecule has 0 aliphatic heterocycles. The van der Waals surface area contributed by atoms with Crippen molar-refractivity contribution >= 4 is 0 Å². The Bertz CT molecular complexity index is 423. The lowest BCUT2D eigenvalue weighted by Gasteiger charge is -2.41. The van der Waals surface area contributed by atoms with Crippen molar-refractivity contribution in [2.45, 2.75) is 45.7 Å². The van der Waals surface area contributed by atoms with Gasteiger partial charge in [0, 0.05) is 18.6 Å². The van der Waals surface area contributed by atoms with Crippen LogP contribution in [0.5, 0.6) is 0 Å². The van der Waals surface area contributed by atoms with Gasteiger partial charge in [-0.2, -0.15) is 0 Å². The minimum Gasteiger partial charge on any atom is -0.308 e. The van der Waals surface area contributed by atoms with Crippen LogP contribution < -0.4 is 5.32 Å². The summed E-state index contributed by atoms with van der Waals surface area (Å²) in [5.74, 6) is 0. The number of likely N-dealkylation sites (N-methyl/N-ethyl adjacent to an activating group) is 1. The van der Waals surface area contributed by atoms with E-state index in [0.29, 0.717) is 17.5 Å². The molecule has 1 aromatic carbocycles. The molecule has 106 valence electrons. The maximum absolute atomic E-state index is 3.81. The van der Waals surface area contributed by atoms with Crippen LogP contribution in [0.4, 0.5) is 0 Å². The predicted octanol–water partition coefficient (Wildman–Crippen LogP) is 3.24. The van der Waals surface area contributed by atoms with Crippen LogP contribution in [0.25, 0.3) is 0 Å². The number of benzene rings is 1. The first-order valence-corrected chi connectivity index (χ1v) is 7.39. The molecule has 2 unspecified atom stereocenters. The molecule has 0 bridgehead atoms. The summed E-state index contributed by atoms with van der Waals surface area (Å²) in [5.41, 5.74) is 3.36. The minimum atomic E-state index is 0.334. The van der Waals surface area contributed by atoms with E-state index in [2.05, 4.69) is 69.3 Å². The van der Waals surface area contributed by atoms with E-state index in [-0.39, 0.29) is 0 Å². The van der Waals surface area contributed by atoms with Gasteiger partial charge in [0.25, 0.3) is 0 Å². The third-order valence-electron chi connectivity index (χ3n) is 4.69. The molecular formula is C17H28N2. The number of rotatable bonds is 4. The third-order valence-corrected chi connectivity index (χ3v) is 4.69. The van der Waals surface area contributed by atoms with Crippen molar-refractivity contribution in [3.05, 3.63) is 35.4 Å². The second kappa shape index (κ2) is 5.64. The summed E-state index contributed by atoms with van der Waals surface area (Å²) < 4.78 is 0. The van der Waals surface area contributed by atoms with Crippen LogP contribution in [0.1, 0.15) is 44.4 Å². The standard InChI is InChI=1S/C17H28N2/c1-13(19(4)5)12-18-16-15-9-7-6-8-14(15)10-11-17(16,2)3/h6-9,13,16,18H,10-12H2,1-5H3. The number of hydrogen-bond donors (Lipinski definition) is 1. The second-order valence-corrected chi connectivity index (χ2v) is 6.84. The van der Waals surface area contributed by atoms with Gasteiger partial charge in [0.15, 0.2) is 0 Å². The SMILES string of the molecule is CC(CNC1c2ccccc2CCC1(C)C)N(C)C. The van der Waals surface area contributed by atoms with Gasteiger partial charge in [-0.25, -0.2) is 0 Å². The summed E-state index contributed by atoms with van der Waals surface area (Å²) in [4.78, 5) is 2.27. The summed E-state index contributed by atoms with van der Waals surface area (Å²) >= 11 is 0. The number of nitrogens with one attached hydrogen (secondary N) is 1. The molecule has 2 atom stereocenters. The highest BCUT2D eigenvalue weighted by Crippen LogP contribution is 2.43. The van der Waals surface area contributed by atoms with Gasteiger partial charge in [-0.1, -0.05) is 38.1 Å². The van der Waals surface area contributed by atoms with Crippen LogP contribution in [-0.4, -0.2) is 31.6 Å². The van der Waals surface area contributed by atoms with Crippen LogP contribution in [0.2, 0.25) is 0 Å². The molecule has 0 aromatic heterocycles. The van der Waals surface area contributed by atoms with Crippen molar-refractivity contribution in [2.24, 2.45) is 5.41 Å². The van der Waals surface area contributed by atoms with Crippen LogP contribution in [0, 0.1) is 5.41 Å². The Kier molecular flexibility index (Phi) is 4.32. The van der Waals surface area contributed by atoms with Crippen molar-refractivity contribution in [1.29, 1.82) is 0 Å². The van der Waals surface area contributed by atoms with Crippen molar-refractivity contribution in [3.63, 3.8) is 0 Å². The molecule has 1 aliphatic rings. The highest BCUT2D eigenvalue weighted by molar-refractivity contribution is 5.34. The molecule has 19 heavy (non-hydrogen) atoms. The fraction of sp³-hybridized carbons (Fsp3) is 0.647. The molecule has 2 nitrogen and oxygen atoms in total. The van der Waals surface area contributed by atoms with Crippen molar-refractivity contribution < 1.29 is 0 Å². The van der Waals surface area contributed by atoms with E-state index in [1.54, 1.807) is 0 Å². The molecule has 1 N–H and O–H groups in total.